The number of aromatic nitrogens is 2. The third kappa shape index (κ3) is 3.61. The lowest BCUT2D eigenvalue weighted by Gasteiger charge is -2.32. The summed E-state index contributed by atoms with van der Waals surface area (Å²) in [5, 5.41) is 9.97. The Balaban J connectivity index is 1.71. The number of carbonyl (C=O) groups excluding carboxylic acids is 1. The minimum Gasteiger partial charge on any atom is -0.392 e. The van der Waals surface area contributed by atoms with Crippen LogP contribution in [0.2, 0.25) is 0 Å². The quantitative estimate of drug-likeness (QED) is 0.906. The number of nitrogens with one attached hydrogen (secondary N) is 1. The molecule has 1 aromatic heterocycles. The molecule has 0 aliphatic carbocycles. The Hall–Kier alpha value is -1.88. The maximum Gasteiger partial charge on any atom is 0.225 e. The highest BCUT2D eigenvalue weighted by Gasteiger charge is 2.28. The van der Waals surface area contributed by atoms with Crippen LogP contribution in [0.15, 0.2) is 18.2 Å². The highest BCUT2D eigenvalue weighted by atomic mass is 16.3. The van der Waals surface area contributed by atoms with E-state index in [1.165, 1.54) is 5.56 Å². The Morgan fingerprint density at radius 3 is 3.00 bits per heavy atom. The van der Waals surface area contributed by atoms with Crippen LogP contribution < -0.4 is 0 Å². The van der Waals surface area contributed by atoms with Crippen LogP contribution in [-0.2, 0) is 4.79 Å². The summed E-state index contributed by atoms with van der Waals surface area (Å²) in [5.41, 5.74) is 3.25. The van der Waals surface area contributed by atoms with E-state index in [-0.39, 0.29) is 24.2 Å². The van der Waals surface area contributed by atoms with Gasteiger partial charge in [0.2, 0.25) is 5.91 Å². The third-order valence-corrected chi connectivity index (χ3v) is 4.97. The van der Waals surface area contributed by atoms with Crippen molar-refractivity contribution in [2.24, 2.45) is 5.92 Å². The number of aliphatic hydroxyl groups excluding tert-OH is 1. The molecule has 24 heavy (non-hydrogen) atoms. The number of imidazole rings is 1. The molecule has 5 nitrogen and oxygen atoms in total. The maximum absolute atomic E-state index is 12.4. The first-order valence-electron chi connectivity index (χ1n) is 8.86. The highest BCUT2D eigenvalue weighted by Crippen LogP contribution is 2.27. The van der Waals surface area contributed by atoms with Gasteiger partial charge in [-0.15, -0.1) is 0 Å². The molecule has 0 bridgehead atoms. The van der Waals surface area contributed by atoms with Gasteiger partial charge < -0.3 is 15.0 Å². The number of carbonyl (C=O) groups is 1. The van der Waals surface area contributed by atoms with Gasteiger partial charge in [-0.1, -0.05) is 19.9 Å². The number of hydrogen-bond acceptors (Lipinski definition) is 3. The molecule has 2 aromatic rings. The van der Waals surface area contributed by atoms with E-state index in [0.717, 1.165) is 36.2 Å². The van der Waals surface area contributed by atoms with Gasteiger partial charge in [0.25, 0.3) is 0 Å². The summed E-state index contributed by atoms with van der Waals surface area (Å²) in [6.07, 6.45) is 1.66. The number of rotatable bonds is 4. The van der Waals surface area contributed by atoms with Crippen molar-refractivity contribution in [3.8, 4) is 0 Å². The lowest BCUT2D eigenvalue weighted by atomic mass is 9.96. The zero-order valence-electron chi connectivity index (χ0n) is 14.7. The molecule has 0 spiro atoms. The number of fused-ring (bicyclic) bond motifs is 1. The van der Waals surface area contributed by atoms with Crippen LogP contribution in [0.1, 0.15) is 50.4 Å². The Bertz CT molecular complexity index is 722. The third-order valence-electron chi connectivity index (χ3n) is 4.97. The molecule has 1 saturated heterocycles. The Morgan fingerprint density at radius 1 is 1.46 bits per heavy atom. The summed E-state index contributed by atoms with van der Waals surface area (Å²) in [6, 6.07) is 6.21. The minimum absolute atomic E-state index is 0.0489. The molecular weight excluding hydrogens is 302 g/mol. The molecule has 1 amide bonds. The second-order valence-electron chi connectivity index (χ2n) is 7.34. The van der Waals surface area contributed by atoms with Gasteiger partial charge >= 0.3 is 0 Å². The number of likely N-dealkylation sites (tertiary alicyclic amines) is 1. The van der Waals surface area contributed by atoms with Crippen LogP contribution in [0.3, 0.4) is 0 Å². The molecular formula is C19H27N3O2. The van der Waals surface area contributed by atoms with Crippen molar-refractivity contribution >= 4 is 16.9 Å². The van der Waals surface area contributed by atoms with Crippen LogP contribution in [0.25, 0.3) is 11.0 Å². The van der Waals surface area contributed by atoms with E-state index in [1.807, 2.05) is 24.8 Å². The van der Waals surface area contributed by atoms with Crippen LogP contribution in [-0.4, -0.2) is 45.1 Å². The van der Waals surface area contributed by atoms with Gasteiger partial charge in [0.05, 0.1) is 23.6 Å². The fourth-order valence-corrected chi connectivity index (χ4v) is 3.31. The predicted molar refractivity (Wildman–Crippen MR) is 94.8 cm³/mol. The summed E-state index contributed by atoms with van der Waals surface area (Å²) >= 11 is 0. The molecule has 2 atom stereocenters. The van der Waals surface area contributed by atoms with Gasteiger partial charge in [-0.2, -0.15) is 0 Å². The average Bonchev–Trinajstić information content (AvgIpc) is 2.97. The van der Waals surface area contributed by atoms with E-state index < -0.39 is 6.10 Å². The van der Waals surface area contributed by atoms with Gasteiger partial charge in [0.1, 0.15) is 5.82 Å². The predicted octanol–water partition coefficient (Wildman–Crippen LogP) is 2.98. The van der Waals surface area contributed by atoms with Gasteiger partial charge in [-0.25, -0.2) is 4.98 Å². The van der Waals surface area contributed by atoms with Crippen molar-refractivity contribution in [2.75, 3.05) is 13.1 Å². The van der Waals surface area contributed by atoms with Gasteiger partial charge in [0, 0.05) is 19.0 Å². The topological polar surface area (TPSA) is 69.2 Å². The Labute approximate surface area is 143 Å². The summed E-state index contributed by atoms with van der Waals surface area (Å²) in [5.74, 6) is 1.37. The second-order valence-corrected chi connectivity index (χ2v) is 7.34. The molecule has 2 N–H and O–H groups in total. The molecule has 0 saturated carbocycles. The number of nitrogens with zero attached hydrogens (tertiary/aromatic N) is 2. The van der Waals surface area contributed by atoms with E-state index in [4.69, 9.17) is 4.98 Å². The van der Waals surface area contributed by atoms with Crippen molar-refractivity contribution in [3.63, 3.8) is 0 Å². The van der Waals surface area contributed by atoms with Crippen LogP contribution in [0.5, 0.6) is 0 Å². The zero-order chi connectivity index (χ0) is 17.3. The van der Waals surface area contributed by atoms with Crippen LogP contribution in [0, 0.1) is 12.8 Å². The average molecular weight is 329 g/mol. The summed E-state index contributed by atoms with van der Waals surface area (Å²) < 4.78 is 0. The van der Waals surface area contributed by atoms with Crippen molar-refractivity contribution in [2.45, 2.75) is 52.1 Å². The SMILES string of the molecule is Cc1ccc2nc(C3CCCN(C(=O)CC(O)C(C)C)C3)[nH]c2c1. The molecule has 1 aliphatic rings. The smallest absolute Gasteiger partial charge is 0.225 e. The Kier molecular flexibility index (Phi) is 4.90. The summed E-state index contributed by atoms with van der Waals surface area (Å²) in [7, 11) is 0. The molecule has 3 rings (SSSR count). The van der Waals surface area contributed by atoms with E-state index >= 15 is 0 Å². The van der Waals surface area contributed by atoms with Gasteiger partial charge in [0.15, 0.2) is 0 Å². The van der Waals surface area contributed by atoms with Gasteiger partial charge in [-0.05, 0) is 43.4 Å². The second kappa shape index (κ2) is 6.93. The van der Waals surface area contributed by atoms with Crippen LogP contribution >= 0.6 is 0 Å². The number of piperidine rings is 1. The summed E-state index contributed by atoms with van der Waals surface area (Å²) in [4.78, 5) is 22.5. The molecule has 2 unspecified atom stereocenters. The molecule has 1 fully saturated rings. The molecule has 1 aromatic carbocycles. The number of aliphatic hydroxyl groups is 1. The molecule has 0 radical (unpaired) electrons. The molecule has 1 aliphatic heterocycles. The molecule has 5 heteroatoms. The van der Waals surface area contributed by atoms with E-state index in [2.05, 4.69) is 24.0 Å². The van der Waals surface area contributed by atoms with Crippen molar-refractivity contribution in [1.29, 1.82) is 0 Å². The molecule has 2 heterocycles. The number of aryl methyl sites for hydroxylation is 1. The first kappa shape index (κ1) is 17.0. The normalized spacial score (nSPS) is 19.9. The largest absolute Gasteiger partial charge is 0.392 e. The standard InChI is InChI=1S/C19H27N3O2/c1-12(2)17(23)10-18(24)22-8-4-5-14(11-22)19-20-15-7-6-13(3)9-16(15)21-19/h6-7,9,12,14,17,23H,4-5,8,10-11H2,1-3H3,(H,20,21). The van der Waals surface area contributed by atoms with E-state index in [9.17, 15) is 9.90 Å². The monoisotopic (exact) mass is 329 g/mol. The fraction of sp³-hybridized carbons (Fsp3) is 0.579. The molecule has 130 valence electrons. The number of hydrogen-bond donors (Lipinski definition) is 2. The lowest BCUT2D eigenvalue weighted by molar-refractivity contribution is -0.135. The van der Waals surface area contributed by atoms with E-state index in [1.54, 1.807) is 0 Å². The van der Waals surface area contributed by atoms with Crippen molar-refractivity contribution in [1.82, 2.24) is 14.9 Å². The zero-order valence-corrected chi connectivity index (χ0v) is 14.7. The highest BCUT2D eigenvalue weighted by molar-refractivity contribution is 5.77. The van der Waals surface area contributed by atoms with E-state index in [0.29, 0.717) is 6.54 Å². The number of H-pyrrole nitrogens is 1. The first-order chi connectivity index (χ1) is 11.4. The van der Waals surface area contributed by atoms with Gasteiger partial charge in [-0.3, -0.25) is 4.79 Å². The first-order valence-corrected chi connectivity index (χ1v) is 8.86. The number of aromatic amines is 1. The maximum atomic E-state index is 12.4. The Morgan fingerprint density at radius 2 is 2.25 bits per heavy atom. The van der Waals surface area contributed by atoms with Crippen molar-refractivity contribution < 1.29 is 9.90 Å². The van der Waals surface area contributed by atoms with Crippen LogP contribution in [0.4, 0.5) is 0 Å². The summed E-state index contributed by atoms with van der Waals surface area (Å²) in [6.45, 7) is 7.41. The number of benzene rings is 1. The fourth-order valence-electron chi connectivity index (χ4n) is 3.31. The van der Waals surface area contributed by atoms with Crippen molar-refractivity contribution in [3.05, 3.63) is 29.6 Å². The lowest BCUT2D eigenvalue weighted by Crippen LogP contribution is -2.41. The number of amides is 1. The minimum atomic E-state index is -0.563.